The standard InChI is InChI=1S/C13H22N2O2/c1-4-15-11(16)8-9(12(15)17)14-10-6-5-7-13(10,2)3/h9-10,14H,4-8H2,1-3H3. The molecule has 4 nitrogen and oxygen atoms in total. The van der Waals surface area contributed by atoms with E-state index < -0.39 is 0 Å². The summed E-state index contributed by atoms with van der Waals surface area (Å²) in [6.45, 7) is 6.80. The number of imide groups is 1. The molecule has 0 aromatic carbocycles. The molecule has 1 saturated carbocycles. The van der Waals surface area contributed by atoms with Crippen molar-refractivity contribution in [2.75, 3.05) is 6.54 Å². The van der Waals surface area contributed by atoms with Crippen LogP contribution in [0.4, 0.5) is 0 Å². The summed E-state index contributed by atoms with van der Waals surface area (Å²) >= 11 is 0. The highest BCUT2D eigenvalue weighted by atomic mass is 16.2. The summed E-state index contributed by atoms with van der Waals surface area (Å²) in [5, 5.41) is 3.40. The Balaban J connectivity index is 2.01. The average Bonchev–Trinajstić information content (AvgIpc) is 2.70. The zero-order chi connectivity index (χ0) is 12.6. The Labute approximate surface area is 103 Å². The maximum atomic E-state index is 12.0. The number of hydrogen-bond donors (Lipinski definition) is 1. The molecule has 17 heavy (non-hydrogen) atoms. The number of carbonyl (C=O) groups is 2. The highest BCUT2D eigenvalue weighted by Crippen LogP contribution is 2.37. The molecular formula is C13H22N2O2. The molecular weight excluding hydrogens is 216 g/mol. The number of likely N-dealkylation sites (tertiary alicyclic amines) is 1. The normalized spacial score (nSPS) is 32.5. The van der Waals surface area contributed by atoms with Gasteiger partial charge in [-0.2, -0.15) is 0 Å². The van der Waals surface area contributed by atoms with Crippen LogP contribution in [0.15, 0.2) is 0 Å². The molecule has 2 amide bonds. The van der Waals surface area contributed by atoms with Crippen LogP contribution in [0.5, 0.6) is 0 Å². The van der Waals surface area contributed by atoms with Crippen molar-refractivity contribution in [3.05, 3.63) is 0 Å². The third kappa shape index (κ3) is 2.23. The first-order chi connectivity index (χ1) is 7.95. The molecule has 0 bridgehead atoms. The van der Waals surface area contributed by atoms with Crippen molar-refractivity contribution in [1.29, 1.82) is 0 Å². The van der Waals surface area contributed by atoms with E-state index in [0.717, 1.165) is 6.42 Å². The molecule has 2 unspecified atom stereocenters. The van der Waals surface area contributed by atoms with Gasteiger partial charge in [-0.25, -0.2) is 0 Å². The number of nitrogens with one attached hydrogen (secondary N) is 1. The maximum Gasteiger partial charge on any atom is 0.246 e. The fourth-order valence-electron chi connectivity index (χ4n) is 3.02. The van der Waals surface area contributed by atoms with Crippen LogP contribution in [0.2, 0.25) is 0 Å². The Hall–Kier alpha value is -0.900. The van der Waals surface area contributed by atoms with Crippen molar-refractivity contribution in [2.45, 2.75) is 58.5 Å². The van der Waals surface area contributed by atoms with Crippen LogP contribution in [0, 0.1) is 5.41 Å². The maximum absolute atomic E-state index is 12.0. The molecule has 4 heteroatoms. The number of likely N-dealkylation sites (N-methyl/N-ethyl adjacent to an activating group) is 1. The number of nitrogens with zero attached hydrogens (tertiary/aromatic N) is 1. The number of amides is 2. The quantitative estimate of drug-likeness (QED) is 0.754. The average molecular weight is 238 g/mol. The smallest absolute Gasteiger partial charge is 0.246 e. The summed E-state index contributed by atoms with van der Waals surface area (Å²) in [4.78, 5) is 25.0. The van der Waals surface area contributed by atoms with E-state index in [4.69, 9.17) is 0 Å². The predicted molar refractivity (Wildman–Crippen MR) is 65.4 cm³/mol. The molecule has 1 N–H and O–H groups in total. The molecule has 96 valence electrons. The molecule has 0 radical (unpaired) electrons. The van der Waals surface area contributed by atoms with Gasteiger partial charge >= 0.3 is 0 Å². The highest BCUT2D eigenvalue weighted by Gasteiger charge is 2.42. The molecule has 2 fully saturated rings. The van der Waals surface area contributed by atoms with E-state index in [1.807, 2.05) is 6.92 Å². The Morgan fingerprint density at radius 3 is 2.59 bits per heavy atom. The van der Waals surface area contributed by atoms with Gasteiger partial charge in [0.1, 0.15) is 0 Å². The fraction of sp³-hybridized carbons (Fsp3) is 0.846. The second kappa shape index (κ2) is 4.41. The van der Waals surface area contributed by atoms with Gasteiger partial charge in [0.25, 0.3) is 0 Å². The van der Waals surface area contributed by atoms with E-state index in [2.05, 4.69) is 19.2 Å². The lowest BCUT2D eigenvalue weighted by molar-refractivity contribution is -0.138. The van der Waals surface area contributed by atoms with Gasteiger partial charge in [-0.05, 0) is 25.2 Å². The highest BCUT2D eigenvalue weighted by molar-refractivity contribution is 6.05. The van der Waals surface area contributed by atoms with Crippen molar-refractivity contribution in [3.8, 4) is 0 Å². The molecule has 0 aromatic rings. The number of carbonyl (C=O) groups excluding carboxylic acids is 2. The van der Waals surface area contributed by atoms with Crippen molar-refractivity contribution in [3.63, 3.8) is 0 Å². The van der Waals surface area contributed by atoms with Gasteiger partial charge in [0.15, 0.2) is 0 Å². The van der Waals surface area contributed by atoms with Gasteiger partial charge in [-0.3, -0.25) is 14.5 Å². The van der Waals surface area contributed by atoms with Gasteiger partial charge in [0.2, 0.25) is 11.8 Å². The Kier molecular flexibility index (Phi) is 3.25. The monoisotopic (exact) mass is 238 g/mol. The van der Waals surface area contributed by atoms with E-state index >= 15 is 0 Å². The van der Waals surface area contributed by atoms with E-state index in [9.17, 15) is 9.59 Å². The second-order valence-corrected chi connectivity index (χ2v) is 5.83. The Morgan fingerprint density at radius 2 is 2.12 bits per heavy atom. The van der Waals surface area contributed by atoms with E-state index in [0.29, 0.717) is 19.0 Å². The van der Waals surface area contributed by atoms with Gasteiger partial charge in [0, 0.05) is 12.6 Å². The Morgan fingerprint density at radius 1 is 1.41 bits per heavy atom. The largest absolute Gasteiger partial charge is 0.302 e. The number of rotatable bonds is 3. The third-order valence-electron chi connectivity index (χ3n) is 4.22. The molecule has 2 rings (SSSR count). The van der Waals surface area contributed by atoms with Gasteiger partial charge in [-0.1, -0.05) is 20.3 Å². The van der Waals surface area contributed by atoms with E-state index in [1.165, 1.54) is 17.7 Å². The number of hydrogen-bond acceptors (Lipinski definition) is 3. The van der Waals surface area contributed by atoms with E-state index in [-0.39, 0.29) is 23.3 Å². The molecule has 1 saturated heterocycles. The fourth-order valence-corrected chi connectivity index (χ4v) is 3.02. The van der Waals surface area contributed by atoms with Crippen LogP contribution in [0.1, 0.15) is 46.5 Å². The van der Waals surface area contributed by atoms with Gasteiger partial charge in [-0.15, -0.1) is 0 Å². The third-order valence-corrected chi connectivity index (χ3v) is 4.22. The van der Waals surface area contributed by atoms with Crippen LogP contribution in [-0.4, -0.2) is 35.3 Å². The van der Waals surface area contributed by atoms with Crippen molar-refractivity contribution in [2.24, 2.45) is 5.41 Å². The van der Waals surface area contributed by atoms with Crippen LogP contribution in [-0.2, 0) is 9.59 Å². The summed E-state index contributed by atoms with van der Waals surface area (Å²) < 4.78 is 0. The lowest BCUT2D eigenvalue weighted by atomic mass is 9.87. The van der Waals surface area contributed by atoms with Crippen LogP contribution in [0.25, 0.3) is 0 Å². The summed E-state index contributed by atoms with van der Waals surface area (Å²) in [5.74, 6) is -0.0778. The predicted octanol–water partition coefficient (Wildman–Crippen LogP) is 1.30. The SMILES string of the molecule is CCN1C(=O)CC(NC2CCCC2(C)C)C1=O. The zero-order valence-electron chi connectivity index (χ0n) is 11.0. The second-order valence-electron chi connectivity index (χ2n) is 5.83. The van der Waals surface area contributed by atoms with Crippen LogP contribution >= 0.6 is 0 Å². The summed E-state index contributed by atoms with van der Waals surface area (Å²) in [7, 11) is 0. The molecule has 1 heterocycles. The lowest BCUT2D eigenvalue weighted by Gasteiger charge is -2.29. The minimum absolute atomic E-state index is 0.0363. The molecule has 0 aromatic heterocycles. The zero-order valence-corrected chi connectivity index (χ0v) is 11.0. The summed E-state index contributed by atoms with van der Waals surface area (Å²) in [6, 6.07) is 0.0749. The first kappa shape index (κ1) is 12.6. The molecule has 1 aliphatic heterocycles. The van der Waals surface area contributed by atoms with Crippen molar-refractivity contribution in [1.82, 2.24) is 10.2 Å². The van der Waals surface area contributed by atoms with Crippen LogP contribution < -0.4 is 5.32 Å². The first-order valence-corrected chi connectivity index (χ1v) is 6.56. The molecule has 0 spiro atoms. The summed E-state index contributed by atoms with van der Waals surface area (Å²) in [5.41, 5.74) is 0.239. The van der Waals surface area contributed by atoms with E-state index in [1.54, 1.807) is 0 Å². The topological polar surface area (TPSA) is 49.4 Å². The Bertz CT molecular complexity index is 338. The first-order valence-electron chi connectivity index (χ1n) is 6.56. The van der Waals surface area contributed by atoms with Crippen molar-refractivity contribution >= 4 is 11.8 Å². The van der Waals surface area contributed by atoms with Gasteiger partial charge in [0.05, 0.1) is 12.5 Å². The molecule has 2 aliphatic rings. The summed E-state index contributed by atoms with van der Waals surface area (Å²) in [6.07, 6.45) is 3.84. The molecule has 1 aliphatic carbocycles. The lowest BCUT2D eigenvalue weighted by Crippen LogP contribution is -2.47. The molecule has 2 atom stereocenters. The minimum atomic E-state index is -0.287. The van der Waals surface area contributed by atoms with Gasteiger partial charge < -0.3 is 5.32 Å². The van der Waals surface area contributed by atoms with Crippen molar-refractivity contribution < 1.29 is 9.59 Å². The van der Waals surface area contributed by atoms with Crippen LogP contribution in [0.3, 0.4) is 0 Å². The minimum Gasteiger partial charge on any atom is -0.302 e.